The number of halogens is 1. The van der Waals surface area contributed by atoms with E-state index in [9.17, 15) is 13.2 Å². The van der Waals surface area contributed by atoms with E-state index >= 15 is 0 Å². The van der Waals surface area contributed by atoms with Crippen molar-refractivity contribution in [2.24, 2.45) is 0 Å². The summed E-state index contributed by atoms with van der Waals surface area (Å²) >= 11 is 3.36. The minimum Gasteiger partial charge on any atom is -0.450 e. The van der Waals surface area contributed by atoms with Gasteiger partial charge in [-0.05, 0) is 34.5 Å². The average Bonchev–Trinajstić information content (AvgIpc) is 2.94. The highest BCUT2D eigenvalue weighted by Crippen LogP contribution is 2.27. The standard InChI is InChI=1S/C13H12BrNO4S/c14-10-3-1-2-8-6-11(19-12(8)10)13(16)15-9-4-5-20(17,18)7-9/h1-3,6,9H,4-5,7H2,(H,15,16). The van der Waals surface area contributed by atoms with E-state index in [0.717, 1.165) is 9.86 Å². The first-order chi connectivity index (χ1) is 9.44. The van der Waals surface area contributed by atoms with Crippen molar-refractivity contribution in [2.45, 2.75) is 12.5 Å². The number of furan rings is 1. The van der Waals surface area contributed by atoms with Crippen molar-refractivity contribution < 1.29 is 17.6 Å². The maximum atomic E-state index is 12.1. The van der Waals surface area contributed by atoms with Gasteiger partial charge in [-0.2, -0.15) is 0 Å². The molecule has 106 valence electrons. The maximum absolute atomic E-state index is 12.1. The number of benzene rings is 1. The van der Waals surface area contributed by atoms with Crippen molar-refractivity contribution in [1.29, 1.82) is 0 Å². The van der Waals surface area contributed by atoms with Crippen LogP contribution in [0.1, 0.15) is 17.0 Å². The Labute approximate surface area is 124 Å². The fourth-order valence-corrected chi connectivity index (χ4v) is 4.44. The summed E-state index contributed by atoms with van der Waals surface area (Å²) in [4.78, 5) is 12.1. The van der Waals surface area contributed by atoms with E-state index in [0.29, 0.717) is 12.0 Å². The van der Waals surface area contributed by atoms with Crippen molar-refractivity contribution in [1.82, 2.24) is 5.32 Å². The second-order valence-electron chi connectivity index (χ2n) is 4.84. The van der Waals surface area contributed by atoms with Crippen molar-refractivity contribution in [3.05, 3.63) is 34.5 Å². The van der Waals surface area contributed by atoms with Gasteiger partial charge in [0.1, 0.15) is 5.58 Å². The smallest absolute Gasteiger partial charge is 0.287 e. The second-order valence-corrected chi connectivity index (χ2v) is 7.93. The first-order valence-corrected chi connectivity index (χ1v) is 8.75. The fourth-order valence-electron chi connectivity index (χ4n) is 2.30. The Morgan fingerprint density at radius 1 is 1.40 bits per heavy atom. The van der Waals surface area contributed by atoms with Gasteiger partial charge in [0.2, 0.25) is 0 Å². The van der Waals surface area contributed by atoms with E-state index in [1.165, 1.54) is 0 Å². The van der Waals surface area contributed by atoms with Crippen LogP contribution in [0, 0.1) is 0 Å². The van der Waals surface area contributed by atoms with Gasteiger partial charge < -0.3 is 9.73 Å². The van der Waals surface area contributed by atoms with Gasteiger partial charge in [-0.15, -0.1) is 0 Å². The molecular formula is C13H12BrNO4S. The number of sulfone groups is 1. The van der Waals surface area contributed by atoms with Crippen LogP contribution in [0.3, 0.4) is 0 Å². The van der Waals surface area contributed by atoms with Crippen LogP contribution in [0.4, 0.5) is 0 Å². The number of amides is 1. The molecule has 0 radical (unpaired) electrons. The lowest BCUT2D eigenvalue weighted by atomic mass is 10.2. The summed E-state index contributed by atoms with van der Waals surface area (Å²) < 4.78 is 29.0. The van der Waals surface area contributed by atoms with Gasteiger partial charge in [0, 0.05) is 11.4 Å². The molecule has 0 spiro atoms. The molecule has 1 fully saturated rings. The number of nitrogens with one attached hydrogen (secondary N) is 1. The van der Waals surface area contributed by atoms with Gasteiger partial charge in [-0.1, -0.05) is 12.1 Å². The predicted molar refractivity (Wildman–Crippen MR) is 78.4 cm³/mol. The lowest BCUT2D eigenvalue weighted by Crippen LogP contribution is -2.35. The molecule has 0 bridgehead atoms. The average molecular weight is 358 g/mol. The van der Waals surface area contributed by atoms with Crippen molar-refractivity contribution in [2.75, 3.05) is 11.5 Å². The summed E-state index contributed by atoms with van der Waals surface area (Å²) in [5, 5.41) is 3.53. The van der Waals surface area contributed by atoms with E-state index in [2.05, 4.69) is 21.2 Å². The predicted octanol–water partition coefficient (Wildman–Crippen LogP) is 2.11. The Hall–Kier alpha value is -1.34. The van der Waals surface area contributed by atoms with Crippen LogP contribution in [0.15, 0.2) is 33.2 Å². The van der Waals surface area contributed by atoms with E-state index in [4.69, 9.17) is 4.42 Å². The summed E-state index contributed by atoms with van der Waals surface area (Å²) in [6.07, 6.45) is 0.456. The molecule has 1 amide bonds. The topological polar surface area (TPSA) is 76.4 Å². The molecule has 7 heteroatoms. The van der Waals surface area contributed by atoms with Crippen LogP contribution in [-0.2, 0) is 9.84 Å². The molecule has 0 saturated carbocycles. The zero-order valence-electron chi connectivity index (χ0n) is 10.4. The third kappa shape index (κ3) is 2.60. The molecule has 0 aliphatic carbocycles. The van der Waals surface area contributed by atoms with Gasteiger partial charge >= 0.3 is 0 Å². The number of hydrogen-bond acceptors (Lipinski definition) is 4. The van der Waals surface area contributed by atoms with Gasteiger partial charge in [-0.25, -0.2) is 8.42 Å². The second kappa shape index (κ2) is 4.89. The first-order valence-electron chi connectivity index (χ1n) is 6.14. The molecule has 1 aliphatic rings. The van der Waals surface area contributed by atoms with Crippen LogP contribution in [0.5, 0.6) is 0 Å². The quantitative estimate of drug-likeness (QED) is 0.892. The molecule has 1 aliphatic heterocycles. The highest BCUT2D eigenvalue weighted by molar-refractivity contribution is 9.10. The van der Waals surface area contributed by atoms with Gasteiger partial charge in [-0.3, -0.25) is 4.79 Å². The molecule has 5 nitrogen and oxygen atoms in total. The van der Waals surface area contributed by atoms with Gasteiger partial charge in [0.25, 0.3) is 5.91 Å². The van der Waals surface area contributed by atoms with Crippen molar-refractivity contribution in [3.63, 3.8) is 0 Å². The highest BCUT2D eigenvalue weighted by Gasteiger charge is 2.29. The molecule has 1 atom stereocenters. The Balaban J connectivity index is 1.81. The maximum Gasteiger partial charge on any atom is 0.287 e. The van der Waals surface area contributed by atoms with Crippen LogP contribution >= 0.6 is 15.9 Å². The number of para-hydroxylation sites is 1. The van der Waals surface area contributed by atoms with Crippen LogP contribution < -0.4 is 5.32 Å². The number of carbonyl (C=O) groups is 1. The molecular weight excluding hydrogens is 346 g/mol. The third-order valence-corrected chi connectivity index (χ3v) is 5.68. The molecule has 1 saturated heterocycles. The first kappa shape index (κ1) is 13.6. The summed E-state index contributed by atoms with van der Waals surface area (Å²) in [5.74, 6) is -0.0573. The molecule has 1 N–H and O–H groups in total. The Morgan fingerprint density at radius 3 is 2.85 bits per heavy atom. The largest absolute Gasteiger partial charge is 0.450 e. The Morgan fingerprint density at radius 2 is 2.20 bits per heavy atom. The molecule has 2 aromatic rings. The number of rotatable bonds is 2. The number of carbonyl (C=O) groups excluding carboxylic acids is 1. The molecule has 20 heavy (non-hydrogen) atoms. The minimum absolute atomic E-state index is 0.00264. The van der Waals surface area contributed by atoms with Crippen LogP contribution in [-0.4, -0.2) is 31.9 Å². The van der Waals surface area contributed by atoms with E-state index in [1.54, 1.807) is 6.07 Å². The third-order valence-electron chi connectivity index (χ3n) is 3.29. The Kier molecular flexibility index (Phi) is 3.33. The zero-order valence-corrected chi connectivity index (χ0v) is 12.8. The van der Waals surface area contributed by atoms with E-state index in [-0.39, 0.29) is 29.2 Å². The zero-order chi connectivity index (χ0) is 14.3. The summed E-state index contributed by atoms with van der Waals surface area (Å²) in [7, 11) is -3.01. The van der Waals surface area contributed by atoms with Crippen LogP contribution in [0.25, 0.3) is 11.0 Å². The Bertz CT molecular complexity index is 781. The number of fused-ring (bicyclic) bond motifs is 1. The number of hydrogen-bond donors (Lipinski definition) is 1. The SMILES string of the molecule is O=C(NC1CCS(=O)(=O)C1)c1cc2cccc(Br)c2o1. The molecule has 1 aromatic heterocycles. The molecule has 1 unspecified atom stereocenters. The van der Waals surface area contributed by atoms with Crippen molar-refractivity contribution >= 4 is 42.6 Å². The minimum atomic E-state index is -3.01. The summed E-state index contributed by atoms with van der Waals surface area (Å²) in [5.41, 5.74) is 0.608. The molecule has 3 rings (SSSR count). The fraction of sp³-hybridized carbons (Fsp3) is 0.308. The summed E-state index contributed by atoms with van der Waals surface area (Å²) in [6.45, 7) is 0. The normalized spacial score (nSPS) is 21.1. The lowest BCUT2D eigenvalue weighted by Gasteiger charge is -2.08. The summed E-state index contributed by atoms with van der Waals surface area (Å²) in [6, 6.07) is 6.85. The highest BCUT2D eigenvalue weighted by atomic mass is 79.9. The van der Waals surface area contributed by atoms with Gasteiger partial charge in [0.05, 0.1) is 16.0 Å². The van der Waals surface area contributed by atoms with Crippen molar-refractivity contribution in [3.8, 4) is 0 Å². The van der Waals surface area contributed by atoms with Gasteiger partial charge in [0.15, 0.2) is 15.6 Å². The lowest BCUT2D eigenvalue weighted by molar-refractivity contribution is 0.0915. The molecule has 2 heterocycles. The van der Waals surface area contributed by atoms with E-state index < -0.39 is 9.84 Å². The van der Waals surface area contributed by atoms with Crippen LogP contribution in [0.2, 0.25) is 0 Å². The monoisotopic (exact) mass is 357 g/mol. The molecule has 1 aromatic carbocycles. The van der Waals surface area contributed by atoms with E-state index in [1.807, 2.05) is 18.2 Å².